The third kappa shape index (κ3) is 3.47. The van der Waals surface area contributed by atoms with Crippen LogP contribution in [0.3, 0.4) is 0 Å². The summed E-state index contributed by atoms with van der Waals surface area (Å²) < 4.78 is 5.26. The van der Waals surface area contributed by atoms with Crippen molar-refractivity contribution in [2.75, 3.05) is 46.4 Å². The predicted molar refractivity (Wildman–Crippen MR) is 103 cm³/mol. The number of para-hydroxylation sites is 1. The van der Waals surface area contributed by atoms with E-state index in [1.165, 1.54) is 4.90 Å². The zero-order valence-corrected chi connectivity index (χ0v) is 15.9. The van der Waals surface area contributed by atoms with Gasteiger partial charge in [0.2, 0.25) is 0 Å². The number of carbonyl (C=O) groups is 3. The average Bonchev–Trinajstić information content (AvgIpc) is 3.39. The van der Waals surface area contributed by atoms with Gasteiger partial charge in [0.25, 0.3) is 5.91 Å². The van der Waals surface area contributed by atoms with Crippen molar-refractivity contribution in [2.45, 2.75) is 12.5 Å². The number of carbonyl (C=O) groups excluding carboxylic acids is 3. The number of methoxy groups -OCH3 is 1. The molecule has 0 unspecified atom stereocenters. The van der Waals surface area contributed by atoms with Gasteiger partial charge in [-0.25, -0.2) is 0 Å². The molecule has 3 heterocycles. The van der Waals surface area contributed by atoms with E-state index in [4.69, 9.17) is 4.74 Å². The molecule has 2 saturated heterocycles. The largest absolute Gasteiger partial charge is 0.380 e. The van der Waals surface area contributed by atoms with Gasteiger partial charge < -0.3 is 24.4 Å². The molecule has 1 atom stereocenters. The summed E-state index contributed by atoms with van der Waals surface area (Å²) in [6, 6.07) is 9.58. The SMILES string of the molecule is CO[C@H]1CCN(C(=O)C(=O)N2CCN(C(=O)c3cc4ccccc4[nH]3)CC2)C1. The van der Waals surface area contributed by atoms with Crippen LogP contribution >= 0.6 is 0 Å². The number of aromatic nitrogens is 1. The Bertz CT molecular complexity index is 867. The van der Waals surface area contributed by atoms with Gasteiger partial charge in [0, 0.05) is 57.3 Å². The van der Waals surface area contributed by atoms with E-state index < -0.39 is 11.8 Å². The number of hydrogen-bond acceptors (Lipinski definition) is 4. The highest BCUT2D eigenvalue weighted by Gasteiger charge is 2.34. The Morgan fingerprint density at radius 1 is 0.964 bits per heavy atom. The number of rotatable bonds is 2. The van der Waals surface area contributed by atoms with Crippen molar-refractivity contribution in [3.05, 3.63) is 36.0 Å². The van der Waals surface area contributed by atoms with Crippen LogP contribution in [0.25, 0.3) is 10.9 Å². The molecule has 2 aromatic rings. The number of benzene rings is 1. The van der Waals surface area contributed by atoms with Crippen LogP contribution in [0.4, 0.5) is 0 Å². The van der Waals surface area contributed by atoms with Gasteiger partial charge >= 0.3 is 11.8 Å². The zero-order chi connectivity index (χ0) is 19.7. The second-order valence-corrected chi connectivity index (χ2v) is 7.25. The maximum absolute atomic E-state index is 12.8. The number of H-pyrrole nitrogens is 1. The molecular formula is C20H24N4O4. The lowest BCUT2D eigenvalue weighted by atomic mass is 10.2. The van der Waals surface area contributed by atoms with E-state index in [1.54, 1.807) is 16.9 Å². The molecule has 1 aromatic carbocycles. The van der Waals surface area contributed by atoms with E-state index in [0.717, 1.165) is 17.3 Å². The maximum atomic E-state index is 12.8. The normalized spacial score (nSPS) is 20.0. The van der Waals surface area contributed by atoms with E-state index in [-0.39, 0.29) is 12.0 Å². The molecule has 1 N–H and O–H groups in total. The number of nitrogens with zero attached hydrogens (tertiary/aromatic N) is 3. The van der Waals surface area contributed by atoms with E-state index >= 15 is 0 Å². The fourth-order valence-corrected chi connectivity index (χ4v) is 3.85. The monoisotopic (exact) mass is 384 g/mol. The van der Waals surface area contributed by atoms with Gasteiger partial charge in [-0.15, -0.1) is 0 Å². The number of ether oxygens (including phenoxy) is 1. The summed E-state index contributed by atoms with van der Waals surface area (Å²) in [5, 5.41) is 0.991. The Morgan fingerprint density at radius 2 is 1.64 bits per heavy atom. The minimum atomic E-state index is -0.491. The highest BCUT2D eigenvalue weighted by atomic mass is 16.5. The fourth-order valence-electron chi connectivity index (χ4n) is 3.85. The Kier molecular flexibility index (Phi) is 5.04. The number of nitrogens with one attached hydrogen (secondary N) is 1. The van der Waals surface area contributed by atoms with Gasteiger partial charge in [0.1, 0.15) is 5.69 Å². The Balaban J connectivity index is 1.34. The predicted octanol–water partition coefficient (Wildman–Crippen LogP) is 0.700. The van der Waals surface area contributed by atoms with Crippen molar-refractivity contribution in [1.82, 2.24) is 19.7 Å². The van der Waals surface area contributed by atoms with E-state index in [9.17, 15) is 14.4 Å². The molecule has 148 valence electrons. The molecule has 0 saturated carbocycles. The van der Waals surface area contributed by atoms with Crippen LogP contribution in [-0.4, -0.2) is 89.9 Å². The van der Waals surface area contributed by atoms with Crippen LogP contribution in [0.5, 0.6) is 0 Å². The van der Waals surface area contributed by atoms with Crippen molar-refractivity contribution in [1.29, 1.82) is 0 Å². The van der Waals surface area contributed by atoms with Gasteiger partial charge in [-0.1, -0.05) is 18.2 Å². The number of fused-ring (bicyclic) bond motifs is 1. The van der Waals surface area contributed by atoms with Crippen LogP contribution in [0.2, 0.25) is 0 Å². The molecule has 3 amide bonds. The topological polar surface area (TPSA) is 85.9 Å². The molecule has 8 heteroatoms. The summed E-state index contributed by atoms with van der Waals surface area (Å²) in [4.78, 5) is 45.7. The standard InChI is InChI=1S/C20H24N4O4/c1-28-15-6-7-24(13-15)20(27)19(26)23-10-8-22(9-11-23)18(25)17-12-14-4-2-3-5-16(14)21-17/h2-5,12,15,21H,6-11,13H2,1H3/t15-/m0/s1. The smallest absolute Gasteiger partial charge is 0.312 e. The first-order valence-corrected chi connectivity index (χ1v) is 9.55. The quantitative estimate of drug-likeness (QED) is 0.773. The number of hydrogen-bond donors (Lipinski definition) is 1. The van der Waals surface area contributed by atoms with E-state index in [2.05, 4.69) is 4.98 Å². The lowest BCUT2D eigenvalue weighted by molar-refractivity contribution is -0.152. The van der Waals surface area contributed by atoms with Crippen molar-refractivity contribution >= 4 is 28.6 Å². The number of piperazine rings is 1. The van der Waals surface area contributed by atoms with Crippen LogP contribution in [0, 0.1) is 0 Å². The Morgan fingerprint density at radius 3 is 2.32 bits per heavy atom. The third-order valence-corrected chi connectivity index (χ3v) is 5.56. The summed E-state index contributed by atoms with van der Waals surface area (Å²) in [5.74, 6) is -1.05. The van der Waals surface area contributed by atoms with Crippen molar-refractivity contribution in [3.8, 4) is 0 Å². The average molecular weight is 384 g/mol. The van der Waals surface area contributed by atoms with Crippen LogP contribution < -0.4 is 0 Å². The molecule has 2 fully saturated rings. The van der Waals surface area contributed by atoms with Crippen LogP contribution in [0.15, 0.2) is 30.3 Å². The third-order valence-electron chi connectivity index (χ3n) is 5.56. The lowest BCUT2D eigenvalue weighted by Crippen LogP contribution is -2.54. The summed E-state index contributed by atoms with van der Waals surface area (Å²) in [7, 11) is 1.61. The van der Waals surface area contributed by atoms with Gasteiger partial charge in [-0.3, -0.25) is 14.4 Å². The Hall–Kier alpha value is -2.87. The molecule has 2 aliphatic heterocycles. The molecule has 28 heavy (non-hydrogen) atoms. The first kappa shape index (κ1) is 18.5. The van der Waals surface area contributed by atoms with Crippen LogP contribution in [0.1, 0.15) is 16.9 Å². The second kappa shape index (κ2) is 7.63. The fraction of sp³-hybridized carbons (Fsp3) is 0.450. The highest BCUT2D eigenvalue weighted by Crippen LogP contribution is 2.17. The summed E-state index contributed by atoms with van der Waals surface area (Å²) in [6.45, 7) is 2.54. The highest BCUT2D eigenvalue weighted by molar-refractivity contribution is 6.35. The first-order chi connectivity index (χ1) is 13.6. The molecular weight excluding hydrogens is 360 g/mol. The van der Waals surface area contributed by atoms with Gasteiger partial charge in [0.15, 0.2) is 0 Å². The summed E-state index contributed by atoms with van der Waals surface area (Å²) in [6.07, 6.45) is 0.755. The molecule has 2 aliphatic rings. The number of aromatic amines is 1. The van der Waals surface area contributed by atoms with E-state index in [1.807, 2.05) is 30.3 Å². The lowest BCUT2D eigenvalue weighted by Gasteiger charge is -2.34. The molecule has 0 spiro atoms. The number of amides is 3. The van der Waals surface area contributed by atoms with Crippen molar-refractivity contribution in [2.24, 2.45) is 0 Å². The first-order valence-electron chi connectivity index (χ1n) is 9.55. The minimum Gasteiger partial charge on any atom is -0.380 e. The minimum absolute atomic E-state index is 0.00234. The molecule has 0 aliphatic carbocycles. The van der Waals surface area contributed by atoms with Gasteiger partial charge in [-0.05, 0) is 18.6 Å². The second-order valence-electron chi connectivity index (χ2n) is 7.25. The molecule has 0 radical (unpaired) electrons. The zero-order valence-electron chi connectivity index (χ0n) is 15.9. The van der Waals surface area contributed by atoms with Crippen molar-refractivity contribution in [3.63, 3.8) is 0 Å². The summed E-state index contributed by atoms with van der Waals surface area (Å²) >= 11 is 0. The molecule has 1 aromatic heterocycles. The molecule has 8 nitrogen and oxygen atoms in total. The summed E-state index contributed by atoms with van der Waals surface area (Å²) in [5.41, 5.74) is 1.46. The Labute approximate surface area is 163 Å². The molecule has 0 bridgehead atoms. The van der Waals surface area contributed by atoms with Gasteiger partial charge in [-0.2, -0.15) is 0 Å². The van der Waals surface area contributed by atoms with Crippen molar-refractivity contribution < 1.29 is 19.1 Å². The van der Waals surface area contributed by atoms with E-state index in [0.29, 0.717) is 45.0 Å². The van der Waals surface area contributed by atoms with Gasteiger partial charge in [0.05, 0.1) is 6.10 Å². The maximum Gasteiger partial charge on any atom is 0.312 e. The van der Waals surface area contributed by atoms with Crippen LogP contribution in [-0.2, 0) is 14.3 Å². The number of likely N-dealkylation sites (tertiary alicyclic amines) is 1. The molecule has 4 rings (SSSR count).